The molecule has 1 aromatic rings. The number of anilines is 2. The molecule has 1 saturated heterocycles. The number of nitrogens with zero attached hydrogens (tertiary/aromatic N) is 2. The molecule has 1 fully saturated rings. The molecule has 2 aliphatic heterocycles. The quantitative estimate of drug-likeness (QED) is 0.906. The number of fused-ring (bicyclic) bond motifs is 1. The molecule has 3 rings (SSSR count). The number of nitrogens with one attached hydrogen (secondary N) is 1. The van der Waals surface area contributed by atoms with Crippen LogP contribution in [0.2, 0.25) is 0 Å². The molecule has 2 heterocycles. The number of amides is 3. The Balaban J connectivity index is 1.72. The van der Waals surface area contributed by atoms with Crippen LogP contribution in [0.25, 0.3) is 0 Å². The second kappa shape index (κ2) is 6.51. The van der Waals surface area contributed by atoms with Gasteiger partial charge in [-0.3, -0.25) is 14.5 Å². The Labute approximate surface area is 140 Å². The molecule has 24 heavy (non-hydrogen) atoms. The average Bonchev–Trinajstić information content (AvgIpc) is 2.96. The fraction of sp³-hybridized carbons (Fsp3) is 0.471. The van der Waals surface area contributed by atoms with Gasteiger partial charge >= 0.3 is 6.09 Å². The molecule has 0 saturated carbocycles. The highest BCUT2D eigenvalue weighted by Crippen LogP contribution is 2.32. The van der Waals surface area contributed by atoms with E-state index in [0.29, 0.717) is 32.4 Å². The molecule has 2 aliphatic rings. The van der Waals surface area contributed by atoms with Crippen LogP contribution in [0.15, 0.2) is 18.2 Å². The van der Waals surface area contributed by atoms with Gasteiger partial charge in [-0.05, 0) is 30.2 Å². The fourth-order valence-electron chi connectivity index (χ4n) is 3.00. The van der Waals surface area contributed by atoms with Crippen molar-refractivity contribution in [2.24, 2.45) is 0 Å². The van der Waals surface area contributed by atoms with Crippen molar-refractivity contribution in [3.63, 3.8) is 0 Å². The molecular formula is C17H21N3O4. The van der Waals surface area contributed by atoms with Crippen LogP contribution in [0.3, 0.4) is 0 Å². The van der Waals surface area contributed by atoms with Crippen molar-refractivity contribution in [2.75, 3.05) is 29.9 Å². The maximum atomic E-state index is 12.1. The lowest BCUT2D eigenvalue weighted by Gasteiger charge is -2.27. The van der Waals surface area contributed by atoms with Crippen molar-refractivity contribution in [1.82, 2.24) is 5.32 Å². The lowest BCUT2D eigenvalue weighted by atomic mass is 10.0. The predicted molar refractivity (Wildman–Crippen MR) is 89.1 cm³/mol. The minimum absolute atomic E-state index is 0.0639. The van der Waals surface area contributed by atoms with Crippen LogP contribution in [0.4, 0.5) is 16.2 Å². The van der Waals surface area contributed by atoms with Gasteiger partial charge in [0.2, 0.25) is 11.8 Å². The number of hydrogen-bond donors (Lipinski definition) is 1. The Kier molecular flexibility index (Phi) is 4.42. The highest BCUT2D eigenvalue weighted by molar-refractivity contribution is 5.97. The molecule has 0 bridgehead atoms. The maximum Gasteiger partial charge on any atom is 0.414 e. The Morgan fingerprint density at radius 2 is 2.12 bits per heavy atom. The zero-order valence-electron chi connectivity index (χ0n) is 13.9. The number of rotatable bonds is 4. The molecule has 0 aliphatic carbocycles. The van der Waals surface area contributed by atoms with E-state index in [1.807, 2.05) is 18.2 Å². The summed E-state index contributed by atoms with van der Waals surface area (Å²) in [6, 6.07) is 5.62. The molecule has 1 unspecified atom stereocenters. The SMILES string of the molecule is CCC(=O)NCC1CN(c2ccc3c(c2)CCC(=O)N3C)C(=O)O1. The normalized spacial score (nSPS) is 20.0. The van der Waals surface area contributed by atoms with E-state index >= 15 is 0 Å². The van der Waals surface area contributed by atoms with Gasteiger partial charge in [-0.2, -0.15) is 0 Å². The number of carbonyl (C=O) groups excluding carboxylic acids is 3. The smallest absolute Gasteiger partial charge is 0.414 e. The molecule has 1 atom stereocenters. The summed E-state index contributed by atoms with van der Waals surface area (Å²) in [7, 11) is 1.76. The summed E-state index contributed by atoms with van der Waals surface area (Å²) in [6.45, 7) is 2.49. The van der Waals surface area contributed by atoms with E-state index in [9.17, 15) is 14.4 Å². The van der Waals surface area contributed by atoms with Crippen molar-refractivity contribution in [3.05, 3.63) is 23.8 Å². The lowest BCUT2D eigenvalue weighted by molar-refractivity contribution is -0.121. The summed E-state index contributed by atoms with van der Waals surface area (Å²) in [4.78, 5) is 38.4. The van der Waals surface area contributed by atoms with Crippen molar-refractivity contribution in [3.8, 4) is 0 Å². The van der Waals surface area contributed by atoms with Gasteiger partial charge in [0.15, 0.2) is 0 Å². The summed E-state index contributed by atoms with van der Waals surface area (Å²) in [6.07, 6.45) is 0.787. The van der Waals surface area contributed by atoms with Gasteiger partial charge in [0.05, 0.1) is 13.1 Å². The third-order valence-corrected chi connectivity index (χ3v) is 4.44. The molecule has 0 aromatic heterocycles. The van der Waals surface area contributed by atoms with Gasteiger partial charge in [-0.25, -0.2) is 4.79 Å². The first-order valence-electron chi connectivity index (χ1n) is 8.14. The molecule has 7 heteroatoms. The predicted octanol–water partition coefficient (Wildman–Crippen LogP) is 1.45. The highest BCUT2D eigenvalue weighted by Gasteiger charge is 2.33. The van der Waals surface area contributed by atoms with Gasteiger partial charge in [0, 0.05) is 31.3 Å². The molecule has 0 radical (unpaired) electrons. The van der Waals surface area contributed by atoms with Crippen LogP contribution in [-0.4, -0.2) is 44.1 Å². The number of benzene rings is 1. The fourth-order valence-corrected chi connectivity index (χ4v) is 3.00. The molecule has 3 amide bonds. The minimum Gasteiger partial charge on any atom is -0.442 e. The monoisotopic (exact) mass is 331 g/mol. The molecule has 1 N–H and O–H groups in total. The van der Waals surface area contributed by atoms with Gasteiger partial charge in [0.25, 0.3) is 0 Å². The molecular weight excluding hydrogens is 310 g/mol. The zero-order valence-corrected chi connectivity index (χ0v) is 13.9. The number of carbonyl (C=O) groups is 3. The minimum atomic E-state index is -0.411. The second-order valence-corrected chi connectivity index (χ2v) is 6.04. The highest BCUT2D eigenvalue weighted by atomic mass is 16.6. The third kappa shape index (κ3) is 3.06. The first kappa shape index (κ1) is 16.3. The number of aryl methyl sites for hydroxylation is 1. The molecule has 0 spiro atoms. The van der Waals surface area contributed by atoms with Gasteiger partial charge in [-0.15, -0.1) is 0 Å². The van der Waals surface area contributed by atoms with E-state index in [1.54, 1.807) is 23.8 Å². The molecule has 1 aromatic carbocycles. The largest absolute Gasteiger partial charge is 0.442 e. The second-order valence-electron chi connectivity index (χ2n) is 6.04. The Morgan fingerprint density at radius 3 is 2.88 bits per heavy atom. The molecule has 7 nitrogen and oxygen atoms in total. The summed E-state index contributed by atoms with van der Waals surface area (Å²) in [5.41, 5.74) is 2.69. The van der Waals surface area contributed by atoms with Crippen LogP contribution in [0, 0.1) is 0 Å². The summed E-state index contributed by atoms with van der Waals surface area (Å²) >= 11 is 0. The summed E-state index contributed by atoms with van der Waals surface area (Å²) < 4.78 is 5.31. The lowest BCUT2D eigenvalue weighted by Crippen LogP contribution is -2.34. The standard InChI is InChI=1S/C17H21N3O4/c1-3-15(21)18-9-13-10-20(17(23)24-13)12-5-6-14-11(8-12)4-7-16(22)19(14)2/h5-6,8,13H,3-4,7,9-10H2,1-2H3,(H,18,21). The van der Waals surface area contributed by atoms with Gasteiger partial charge < -0.3 is 15.0 Å². The number of hydrogen-bond acceptors (Lipinski definition) is 4. The summed E-state index contributed by atoms with van der Waals surface area (Å²) in [5, 5.41) is 2.74. The number of ether oxygens (including phenoxy) is 1. The van der Waals surface area contributed by atoms with E-state index in [1.165, 1.54) is 0 Å². The Morgan fingerprint density at radius 1 is 1.33 bits per heavy atom. The first-order valence-corrected chi connectivity index (χ1v) is 8.14. The first-order chi connectivity index (χ1) is 11.5. The number of cyclic esters (lactones) is 1. The van der Waals surface area contributed by atoms with Crippen LogP contribution < -0.4 is 15.1 Å². The Hall–Kier alpha value is -2.57. The third-order valence-electron chi connectivity index (χ3n) is 4.44. The van der Waals surface area contributed by atoms with Gasteiger partial charge in [-0.1, -0.05) is 6.92 Å². The zero-order chi connectivity index (χ0) is 17.3. The Bertz CT molecular complexity index is 688. The van der Waals surface area contributed by atoms with Crippen molar-refractivity contribution >= 4 is 29.3 Å². The average molecular weight is 331 g/mol. The van der Waals surface area contributed by atoms with Crippen LogP contribution in [0.5, 0.6) is 0 Å². The van der Waals surface area contributed by atoms with Gasteiger partial charge in [0.1, 0.15) is 6.10 Å². The van der Waals surface area contributed by atoms with Crippen molar-refractivity contribution < 1.29 is 19.1 Å². The van der Waals surface area contributed by atoms with E-state index in [4.69, 9.17) is 4.74 Å². The van der Waals surface area contributed by atoms with Crippen molar-refractivity contribution in [1.29, 1.82) is 0 Å². The van der Waals surface area contributed by atoms with Crippen LogP contribution in [-0.2, 0) is 20.7 Å². The van der Waals surface area contributed by atoms with E-state index in [0.717, 1.165) is 16.9 Å². The van der Waals surface area contributed by atoms with E-state index in [-0.39, 0.29) is 17.9 Å². The van der Waals surface area contributed by atoms with Crippen molar-refractivity contribution in [2.45, 2.75) is 32.3 Å². The summed E-state index contributed by atoms with van der Waals surface area (Å²) in [5.74, 6) is 0.0357. The topological polar surface area (TPSA) is 79.0 Å². The van der Waals surface area contributed by atoms with E-state index in [2.05, 4.69) is 5.32 Å². The van der Waals surface area contributed by atoms with Crippen LogP contribution in [0.1, 0.15) is 25.3 Å². The van der Waals surface area contributed by atoms with E-state index < -0.39 is 6.09 Å². The molecule has 128 valence electrons. The maximum absolute atomic E-state index is 12.1. The van der Waals surface area contributed by atoms with Crippen LogP contribution >= 0.6 is 0 Å².